The molecule has 3 atom stereocenters. The summed E-state index contributed by atoms with van der Waals surface area (Å²) in [5.74, 6) is -3.01. The van der Waals surface area contributed by atoms with E-state index in [0.29, 0.717) is 37.3 Å². The van der Waals surface area contributed by atoms with Crippen LogP contribution < -0.4 is 5.32 Å². The summed E-state index contributed by atoms with van der Waals surface area (Å²) in [4.78, 5) is 13.2. The lowest BCUT2D eigenvalue weighted by Gasteiger charge is -2.46. The van der Waals surface area contributed by atoms with Crippen LogP contribution in [0.1, 0.15) is 22.8 Å². The first kappa shape index (κ1) is 19.5. The normalized spacial score (nSPS) is 26.1. The number of esters is 1. The Labute approximate surface area is 152 Å². The van der Waals surface area contributed by atoms with E-state index in [-0.39, 0.29) is 5.56 Å². The quantitative estimate of drug-likeness (QED) is 0.616. The van der Waals surface area contributed by atoms with E-state index < -0.39 is 36.4 Å². The third kappa shape index (κ3) is 3.90. The van der Waals surface area contributed by atoms with Crippen molar-refractivity contribution in [2.45, 2.75) is 31.5 Å². The number of hydrogen-bond acceptors (Lipinski definition) is 6. The fraction of sp³-hybridized carbons (Fsp3) is 0.529. The lowest BCUT2D eigenvalue weighted by Crippen LogP contribution is -2.62. The Morgan fingerprint density at radius 1 is 1.44 bits per heavy atom. The van der Waals surface area contributed by atoms with E-state index in [1.165, 1.54) is 6.07 Å². The van der Waals surface area contributed by atoms with Crippen LogP contribution in [0.15, 0.2) is 12.1 Å². The molecule has 0 radical (unpaired) electrons. The maximum atomic E-state index is 13.8. The van der Waals surface area contributed by atoms with Gasteiger partial charge in [0.15, 0.2) is 0 Å². The third-order valence-electron chi connectivity index (χ3n) is 4.78. The van der Waals surface area contributed by atoms with Gasteiger partial charge in [0.05, 0.1) is 17.7 Å². The number of nitrogens with one attached hydrogen (secondary N) is 1. The molecule has 1 N–H and O–H groups in total. The number of rotatable bonds is 2. The highest BCUT2D eigenvalue weighted by atomic mass is 19.4. The van der Waals surface area contributed by atoms with Crippen LogP contribution in [-0.4, -0.2) is 55.6 Å². The Morgan fingerprint density at radius 2 is 2.19 bits per heavy atom. The Hall–Kier alpha value is -2.22. The predicted octanol–water partition coefficient (Wildman–Crippen LogP) is 1.78. The maximum absolute atomic E-state index is 13.8. The summed E-state index contributed by atoms with van der Waals surface area (Å²) in [7, 11) is 0. The summed E-state index contributed by atoms with van der Waals surface area (Å²) >= 11 is 0. The van der Waals surface area contributed by atoms with E-state index in [1.807, 2.05) is 4.90 Å². The van der Waals surface area contributed by atoms with Crippen LogP contribution in [0.25, 0.3) is 0 Å². The van der Waals surface area contributed by atoms with Crippen molar-refractivity contribution in [2.75, 3.05) is 26.2 Å². The van der Waals surface area contributed by atoms with Gasteiger partial charge in [-0.1, -0.05) is 6.07 Å². The van der Waals surface area contributed by atoms with E-state index in [1.54, 1.807) is 13.0 Å². The van der Waals surface area contributed by atoms with Crippen LogP contribution >= 0.6 is 0 Å². The van der Waals surface area contributed by atoms with Crippen molar-refractivity contribution in [1.29, 1.82) is 5.26 Å². The van der Waals surface area contributed by atoms with Crippen LogP contribution in [0.2, 0.25) is 0 Å². The van der Waals surface area contributed by atoms with Crippen LogP contribution in [-0.2, 0) is 14.3 Å². The molecule has 27 heavy (non-hydrogen) atoms. The number of alkyl halides is 3. The van der Waals surface area contributed by atoms with Gasteiger partial charge in [-0.2, -0.15) is 18.4 Å². The van der Waals surface area contributed by atoms with E-state index in [9.17, 15) is 22.4 Å². The lowest BCUT2D eigenvalue weighted by molar-refractivity contribution is -0.261. The zero-order valence-electron chi connectivity index (χ0n) is 14.3. The number of halogens is 4. The minimum Gasteiger partial charge on any atom is -0.427 e. The summed E-state index contributed by atoms with van der Waals surface area (Å²) in [6.07, 6.45) is -7.35. The van der Waals surface area contributed by atoms with Crippen molar-refractivity contribution >= 4 is 5.97 Å². The van der Waals surface area contributed by atoms with Crippen LogP contribution in [0.5, 0.6) is 0 Å². The van der Waals surface area contributed by atoms with E-state index in [0.717, 1.165) is 6.07 Å². The molecule has 6 nitrogen and oxygen atoms in total. The van der Waals surface area contributed by atoms with Crippen molar-refractivity contribution in [3.05, 3.63) is 34.6 Å². The molecule has 3 rings (SSSR count). The molecule has 1 unspecified atom stereocenters. The summed E-state index contributed by atoms with van der Waals surface area (Å²) in [5.41, 5.74) is 0.664. The van der Waals surface area contributed by atoms with E-state index >= 15 is 0 Å². The highest BCUT2D eigenvalue weighted by Crippen LogP contribution is 2.34. The van der Waals surface area contributed by atoms with Crippen molar-refractivity contribution < 1.29 is 31.8 Å². The Bertz CT molecular complexity index is 778. The van der Waals surface area contributed by atoms with Gasteiger partial charge in [0.2, 0.25) is 6.29 Å². The second-order valence-corrected chi connectivity index (χ2v) is 6.41. The molecule has 2 aliphatic heterocycles. The van der Waals surface area contributed by atoms with Gasteiger partial charge in [-0.3, -0.25) is 4.90 Å². The molecule has 0 aromatic heterocycles. The number of carbonyl (C=O) groups excluding carboxylic acids is 1. The van der Waals surface area contributed by atoms with Gasteiger partial charge in [-0.25, -0.2) is 9.18 Å². The summed E-state index contributed by atoms with van der Waals surface area (Å²) in [5, 5.41) is 12.2. The predicted molar refractivity (Wildman–Crippen MR) is 83.8 cm³/mol. The minimum atomic E-state index is -5.14. The molecule has 0 saturated carbocycles. The topological polar surface area (TPSA) is 74.6 Å². The first-order chi connectivity index (χ1) is 12.7. The molecule has 1 aromatic carbocycles. The smallest absolute Gasteiger partial charge is 0.427 e. The standard InChI is InChI=1S/C17H17F4N3O3/c1-9-10(2-3-12(18)11(9)6-22)14-8-24-5-4-23-7-13(24)15(26-14)27-16(25)17(19,20)21/h2-3,13-15,23H,4-5,7-8H2,1H3/t13-,14+,15?/m0/s1. The van der Waals surface area contributed by atoms with Gasteiger partial charge in [-0.05, 0) is 24.1 Å². The van der Waals surface area contributed by atoms with Crippen molar-refractivity contribution in [2.24, 2.45) is 0 Å². The van der Waals surface area contributed by atoms with Gasteiger partial charge in [-0.15, -0.1) is 0 Å². The number of ether oxygens (including phenoxy) is 2. The summed E-state index contributed by atoms with van der Waals surface area (Å²) < 4.78 is 61.9. The minimum absolute atomic E-state index is 0.151. The second-order valence-electron chi connectivity index (χ2n) is 6.41. The SMILES string of the molecule is Cc1c([C@H]2CN3CCNC[C@H]3C(OC(=O)C(F)(F)F)O2)ccc(F)c1C#N. The molecule has 0 spiro atoms. The fourth-order valence-corrected chi connectivity index (χ4v) is 3.40. The molecule has 2 fully saturated rings. The molecular weight excluding hydrogens is 370 g/mol. The average molecular weight is 387 g/mol. The highest BCUT2D eigenvalue weighted by Gasteiger charge is 2.47. The molecule has 2 heterocycles. The van der Waals surface area contributed by atoms with Crippen LogP contribution in [0.4, 0.5) is 17.6 Å². The van der Waals surface area contributed by atoms with Crippen molar-refractivity contribution in [3.8, 4) is 6.07 Å². The number of benzene rings is 1. The Morgan fingerprint density at radius 3 is 2.85 bits per heavy atom. The van der Waals surface area contributed by atoms with Gasteiger partial charge in [0, 0.05) is 26.2 Å². The summed E-state index contributed by atoms with van der Waals surface area (Å²) in [6, 6.07) is 3.75. The molecule has 2 saturated heterocycles. The third-order valence-corrected chi connectivity index (χ3v) is 4.78. The summed E-state index contributed by atoms with van der Waals surface area (Å²) in [6.45, 7) is 3.31. The van der Waals surface area contributed by atoms with Gasteiger partial charge < -0.3 is 14.8 Å². The highest BCUT2D eigenvalue weighted by molar-refractivity contribution is 5.75. The first-order valence-corrected chi connectivity index (χ1v) is 8.29. The van der Waals surface area contributed by atoms with E-state index in [2.05, 4.69) is 10.1 Å². The van der Waals surface area contributed by atoms with Gasteiger partial charge >= 0.3 is 12.1 Å². The number of piperazine rings is 1. The zero-order valence-corrected chi connectivity index (χ0v) is 14.3. The average Bonchev–Trinajstić information content (AvgIpc) is 2.61. The molecular formula is C17H17F4N3O3. The van der Waals surface area contributed by atoms with Crippen LogP contribution in [0.3, 0.4) is 0 Å². The Balaban J connectivity index is 1.90. The first-order valence-electron chi connectivity index (χ1n) is 8.29. The van der Waals surface area contributed by atoms with Gasteiger partial charge in [0.25, 0.3) is 0 Å². The van der Waals surface area contributed by atoms with E-state index in [4.69, 9.17) is 10.00 Å². The molecule has 10 heteroatoms. The monoisotopic (exact) mass is 387 g/mol. The largest absolute Gasteiger partial charge is 0.491 e. The molecule has 0 aliphatic carbocycles. The Kier molecular flexibility index (Phi) is 5.37. The zero-order chi connectivity index (χ0) is 19.8. The number of fused-ring (bicyclic) bond motifs is 1. The molecule has 146 valence electrons. The van der Waals surface area contributed by atoms with Crippen molar-refractivity contribution in [3.63, 3.8) is 0 Å². The molecule has 1 aromatic rings. The lowest BCUT2D eigenvalue weighted by atomic mass is 9.96. The number of carbonyl (C=O) groups is 1. The number of hydrogen-bond donors (Lipinski definition) is 1. The number of morpholine rings is 1. The second kappa shape index (κ2) is 7.42. The van der Waals surface area contributed by atoms with Crippen LogP contribution in [0, 0.1) is 24.1 Å². The maximum Gasteiger partial charge on any atom is 0.491 e. The molecule has 0 bridgehead atoms. The fourth-order valence-electron chi connectivity index (χ4n) is 3.40. The molecule has 0 amide bonds. The number of nitrogens with zero attached hydrogens (tertiary/aromatic N) is 2. The van der Waals surface area contributed by atoms with Crippen molar-refractivity contribution in [1.82, 2.24) is 10.2 Å². The van der Waals surface area contributed by atoms with Gasteiger partial charge in [0.1, 0.15) is 11.9 Å². The molecule has 2 aliphatic rings. The number of nitriles is 1.